The number of ether oxygens (including phenoxy) is 1. The van der Waals surface area contributed by atoms with E-state index in [1.165, 1.54) is 36.2 Å². The minimum absolute atomic E-state index is 0.0440. The van der Waals surface area contributed by atoms with E-state index in [4.69, 9.17) is 4.74 Å². The van der Waals surface area contributed by atoms with Gasteiger partial charge in [-0.2, -0.15) is 0 Å². The number of thiazole rings is 1. The molecular formula is C27H38N4O3S. The second-order valence-corrected chi connectivity index (χ2v) is 11.1. The van der Waals surface area contributed by atoms with E-state index >= 15 is 0 Å². The first kappa shape index (κ1) is 25.5. The molecule has 0 saturated heterocycles. The smallest absolute Gasteiger partial charge is 0.315 e. The Morgan fingerprint density at radius 2 is 1.51 bits per heavy atom. The molecule has 35 heavy (non-hydrogen) atoms. The fourth-order valence-electron chi connectivity index (χ4n) is 4.88. The van der Waals surface area contributed by atoms with Crippen LogP contribution in [0, 0.1) is 0 Å². The van der Waals surface area contributed by atoms with Crippen LogP contribution in [0.1, 0.15) is 98.6 Å². The van der Waals surface area contributed by atoms with Gasteiger partial charge >= 0.3 is 6.03 Å². The van der Waals surface area contributed by atoms with Gasteiger partial charge in [0.2, 0.25) is 0 Å². The summed E-state index contributed by atoms with van der Waals surface area (Å²) in [6.07, 6.45) is 9.30. The molecule has 0 bridgehead atoms. The van der Waals surface area contributed by atoms with Crippen LogP contribution in [-0.2, 0) is 6.61 Å². The molecule has 0 spiro atoms. The monoisotopic (exact) mass is 498 g/mol. The average molecular weight is 499 g/mol. The Kier molecular flexibility index (Phi) is 9.01. The molecule has 0 radical (unpaired) electrons. The third-order valence-corrected chi connectivity index (χ3v) is 7.85. The predicted octanol–water partition coefficient (Wildman–Crippen LogP) is 5.52. The average Bonchev–Trinajstić information content (AvgIpc) is 3.34. The molecule has 7 nitrogen and oxygen atoms in total. The van der Waals surface area contributed by atoms with Crippen LogP contribution in [0.3, 0.4) is 0 Å². The second-order valence-electron chi connectivity index (χ2n) is 10.1. The summed E-state index contributed by atoms with van der Waals surface area (Å²) in [4.78, 5) is 29.5. The van der Waals surface area contributed by atoms with Crippen molar-refractivity contribution in [2.45, 2.75) is 102 Å². The Labute approximate surface area is 212 Å². The van der Waals surface area contributed by atoms with Gasteiger partial charge in [0.25, 0.3) is 5.91 Å². The normalized spacial score (nSPS) is 20.9. The van der Waals surface area contributed by atoms with E-state index in [0.717, 1.165) is 49.3 Å². The molecule has 2 saturated carbocycles. The highest BCUT2D eigenvalue weighted by molar-refractivity contribution is 7.09. The molecule has 2 aliphatic carbocycles. The highest BCUT2D eigenvalue weighted by atomic mass is 32.1. The van der Waals surface area contributed by atoms with Crippen LogP contribution in [0.2, 0.25) is 0 Å². The highest BCUT2D eigenvalue weighted by Crippen LogP contribution is 2.22. The third-order valence-electron chi connectivity index (χ3n) is 7.03. The molecule has 0 atom stereocenters. The second kappa shape index (κ2) is 12.4. The van der Waals surface area contributed by atoms with E-state index in [0.29, 0.717) is 24.3 Å². The zero-order valence-corrected chi connectivity index (χ0v) is 21.7. The molecule has 1 heterocycles. The minimum Gasteiger partial charge on any atom is -0.486 e. The molecule has 2 aliphatic rings. The van der Waals surface area contributed by atoms with Crippen molar-refractivity contribution in [1.82, 2.24) is 20.9 Å². The zero-order valence-electron chi connectivity index (χ0n) is 20.8. The summed E-state index contributed by atoms with van der Waals surface area (Å²) < 4.78 is 5.84. The van der Waals surface area contributed by atoms with Crippen molar-refractivity contribution < 1.29 is 14.3 Å². The summed E-state index contributed by atoms with van der Waals surface area (Å²) in [7, 11) is 0. The fourth-order valence-corrected chi connectivity index (χ4v) is 5.56. The van der Waals surface area contributed by atoms with E-state index in [1.54, 1.807) is 5.38 Å². The van der Waals surface area contributed by atoms with Gasteiger partial charge in [0.15, 0.2) is 0 Å². The number of benzene rings is 1. The van der Waals surface area contributed by atoms with Gasteiger partial charge in [0, 0.05) is 23.5 Å². The molecule has 1 aromatic carbocycles. The lowest BCUT2D eigenvalue weighted by Gasteiger charge is -2.30. The lowest BCUT2D eigenvalue weighted by atomic mass is 9.91. The Morgan fingerprint density at radius 3 is 2.14 bits per heavy atom. The first-order chi connectivity index (χ1) is 17.0. The maximum atomic E-state index is 12.7. The van der Waals surface area contributed by atoms with Crippen molar-refractivity contribution in [3.63, 3.8) is 0 Å². The van der Waals surface area contributed by atoms with Gasteiger partial charge in [-0.15, -0.1) is 11.3 Å². The fraction of sp³-hybridized carbons (Fsp3) is 0.593. The van der Waals surface area contributed by atoms with Crippen LogP contribution < -0.4 is 20.7 Å². The van der Waals surface area contributed by atoms with Crippen LogP contribution in [0.4, 0.5) is 4.79 Å². The molecule has 3 amide bonds. The standard InChI is InChI=1S/C27H38N4O3S/c1-18(2)19-8-14-23(15-9-19)34-16-25-31-24(17-35-25)26(32)28-21-10-12-22(13-11-21)30-27(33)29-20-6-4-3-5-7-20/h8-9,14-15,17-18,20-22H,3-7,10-13,16H2,1-2H3,(H,28,32)(H2,29,30,33). The summed E-state index contributed by atoms with van der Waals surface area (Å²) >= 11 is 1.44. The van der Waals surface area contributed by atoms with Gasteiger partial charge in [-0.1, -0.05) is 45.2 Å². The quantitative estimate of drug-likeness (QED) is 0.447. The van der Waals surface area contributed by atoms with Crippen molar-refractivity contribution in [2.24, 2.45) is 0 Å². The summed E-state index contributed by atoms with van der Waals surface area (Å²) in [5.74, 6) is 1.15. The topological polar surface area (TPSA) is 92.3 Å². The number of amides is 3. The van der Waals surface area contributed by atoms with Crippen molar-refractivity contribution in [2.75, 3.05) is 0 Å². The molecule has 0 unspecified atom stereocenters. The number of carbonyl (C=O) groups is 2. The summed E-state index contributed by atoms with van der Waals surface area (Å²) in [5, 5.41) is 11.9. The maximum Gasteiger partial charge on any atom is 0.315 e. The Bertz CT molecular complexity index is 961. The van der Waals surface area contributed by atoms with Gasteiger partial charge in [0.05, 0.1) is 0 Å². The Morgan fingerprint density at radius 1 is 0.914 bits per heavy atom. The molecule has 8 heteroatoms. The van der Waals surface area contributed by atoms with Gasteiger partial charge in [-0.05, 0) is 62.1 Å². The first-order valence-electron chi connectivity index (χ1n) is 13.0. The van der Waals surface area contributed by atoms with Gasteiger partial charge in [-0.3, -0.25) is 4.79 Å². The number of rotatable bonds is 8. The summed E-state index contributed by atoms with van der Waals surface area (Å²) in [6, 6.07) is 8.66. The van der Waals surface area contributed by atoms with Crippen LogP contribution >= 0.6 is 11.3 Å². The van der Waals surface area contributed by atoms with Crippen molar-refractivity contribution >= 4 is 23.3 Å². The lowest BCUT2D eigenvalue weighted by Crippen LogP contribution is -2.49. The van der Waals surface area contributed by atoms with Crippen molar-refractivity contribution in [1.29, 1.82) is 0 Å². The summed E-state index contributed by atoms with van der Waals surface area (Å²) in [5.41, 5.74) is 1.72. The van der Waals surface area contributed by atoms with Crippen LogP contribution in [0.5, 0.6) is 5.75 Å². The lowest BCUT2D eigenvalue weighted by molar-refractivity contribution is 0.0919. The number of hydrogen-bond donors (Lipinski definition) is 3. The van der Waals surface area contributed by atoms with Crippen molar-refractivity contribution in [3.05, 3.63) is 45.9 Å². The maximum absolute atomic E-state index is 12.7. The molecule has 190 valence electrons. The van der Waals surface area contributed by atoms with E-state index in [-0.39, 0.29) is 24.0 Å². The van der Waals surface area contributed by atoms with Crippen molar-refractivity contribution in [3.8, 4) is 5.75 Å². The highest BCUT2D eigenvalue weighted by Gasteiger charge is 2.25. The molecule has 4 rings (SSSR count). The van der Waals surface area contributed by atoms with Gasteiger partial charge in [0.1, 0.15) is 23.1 Å². The molecule has 2 fully saturated rings. The molecule has 1 aromatic heterocycles. The van der Waals surface area contributed by atoms with Crippen LogP contribution in [-0.4, -0.2) is 35.0 Å². The number of hydrogen-bond acceptors (Lipinski definition) is 5. The number of carbonyl (C=O) groups excluding carboxylic acids is 2. The number of aromatic nitrogens is 1. The van der Waals surface area contributed by atoms with Crippen LogP contribution in [0.25, 0.3) is 0 Å². The Hall–Kier alpha value is -2.61. The van der Waals surface area contributed by atoms with Crippen LogP contribution in [0.15, 0.2) is 29.6 Å². The number of nitrogens with zero attached hydrogens (tertiary/aromatic N) is 1. The minimum atomic E-state index is -0.139. The van der Waals surface area contributed by atoms with E-state index in [2.05, 4.69) is 46.9 Å². The summed E-state index contributed by atoms with van der Waals surface area (Å²) in [6.45, 7) is 4.67. The van der Waals surface area contributed by atoms with E-state index in [9.17, 15) is 9.59 Å². The number of urea groups is 1. The van der Waals surface area contributed by atoms with Gasteiger partial charge < -0.3 is 20.7 Å². The first-order valence-corrected chi connectivity index (χ1v) is 13.9. The predicted molar refractivity (Wildman–Crippen MR) is 139 cm³/mol. The van der Waals surface area contributed by atoms with E-state index in [1.807, 2.05) is 12.1 Å². The largest absolute Gasteiger partial charge is 0.486 e. The third kappa shape index (κ3) is 7.69. The molecule has 2 aromatic rings. The molecule has 3 N–H and O–H groups in total. The Balaban J connectivity index is 1.16. The zero-order chi connectivity index (χ0) is 24.6. The van der Waals surface area contributed by atoms with Gasteiger partial charge in [-0.25, -0.2) is 9.78 Å². The molecular weight excluding hydrogens is 460 g/mol. The number of nitrogens with one attached hydrogen (secondary N) is 3. The van der Waals surface area contributed by atoms with E-state index < -0.39 is 0 Å². The SMILES string of the molecule is CC(C)c1ccc(OCc2nc(C(=O)NC3CCC(NC(=O)NC4CCCCC4)CC3)cs2)cc1. The molecule has 0 aliphatic heterocycles.